The van der Waals surface area contributed by atoms with Crippen LogP contribution in [-0.4, -0.2) is 64.8 Å². The van der Waals surface area contributed by atoms with Crippen molar-refractivity contribution in [2.75, 3.05) is 24.5 Å². The summed E-state index contributed by atoms with van der Waals surface area (Å²) in [5.41, 5.74) is 14.0. The van der Waals surface area contributed by atoms with Crippen molar-refractivity contribution in [3.8, 4) is 0 Å². The van der Waals surface area contributed by atoms with Gasteiger partial charge in [0.1, 0.15) is 12.0 Å². The van der Waals surface area contributed by atoms with Crippen molar-refractivity contribution in [1.82, 2.24) is 4.90 Å². The number of nitrogens with two attached hydrogens (primary N) is 2. The zero-order valence-electron chi connectivity index (χ0n) is 14.8. The molecule has 142 valence electrons. The zero-order valence-corrected chi connectivity index (χ0v) is 14.8. The first-order chi connectivity index (χ1) is 12.1. The molecule has 3 atom stereocenters. The molecule has 0 saturated carbocycles. The molecule has 9 heteroatoms. The van der Waals surface area contributed by atoms with E-state index in [0.29, 0.717) is 6.54 Å². The van der Waals surface area contributed by atoms with Gasteiger partial charge in [-0.3, -0.25) is 9.59 Å². The number of aliphatic carboxylic acids is 2. The molecular formula is C17H24N4O5. The lowest BCUT2D eigenvalue weighted by molar-refractivity contribution is -0.152. The molecule has 1 aliphatic rings. The number of hydrogen-bond donors (Lipinski definition) is 4. The number of rotatable bonds is 5. The summed E-state index contributed by atoms with van der Waals surface area (Å²) in [7, 11) is 0. The number of urea groups is 1. The molecule has 0 bridgehead atoms. The number of amides is 2. The Bertz CT molecular complexity index is 723. The van der Waals surface area contributed by atoms with Crippen molar-refractivity contribution in [1.29, 1.82) is 0 Å². The van der Waals surface area contributed by atoms with Gasteiger partial charge in [0.2, 0.25) is 0 Å². The van der Waals surface area contributed by atoms with Crippen molar-refractivity contribution in [2.24, 2.45) is 17.4 Å². The summed E-state index contributed by atoms with van der Waals surface area (Å²) >= 11 is 0. The quantitative estimate of drug-likeness (QED) is 0.573. The number of anilines is 1. The molecule has 0 aromatic heterocycles. The van der Waals surface area contributed by atoms with Crippen LogP contribution in [0.25, 0.3) is 0 Å². The van der Waals surface area contributed by atoms with Crippen LogP contribution in [0.4, 0.5) is 10.5 Å². The van der Waals surface area contributed by atoms with Gasteiger partial charge in [-0.15, -0.1) is 0 Å². The Morgan fingerprint density at radius 2 is 1.81 bits per heavy atom. The van der Waals surface area contributed by atoms with E-state index in [-0.39, 0.29) is 13.1 Å². The number of hydrogen-bond acceptors (Lipinski definition) is 5. The number of benzene rings is 1. The maximum atomic E-state index is 11.8. The Morgan fingerprint density at radius 1 is 1.15 bits per heavy atom. The highest BCUT2D eigenvalue weighted by molar-refractivity contribution is 5.84. The van der Waals surface area contributed by atoms with Crippen LogP contribution in [0.1, 0.15) is 11.1 Å². The monoisotopic (exact) mass is 364 g/mol. The second-order valence-electron chi connectivity index (χ2n) is 6.49. The molecule has 0 spiro atoms. The van der Waals surface area contributed by atoms with E-state index < -0.39 is 36.0 Å². The Kier molecular flexibility index (Phi) is 5.71. The highest BCUT2D eigenvalue weighted by Gasteiger charge is 2.44. The second kappa shape index (κ2) is 7.61. The molecular weight excluding hydrogens is 340 g/mol. The van der Waals surface area contributed by atoms with E-state index in [4.69, 9.17) is 11.5 Å². The second-order valence-corrected chi connectivity index (χ2v) is 6.49. The van der Waals surface area contributed by atoms with Crippen molar-refractivity contribution in [3.05, 3.63) is 29.3 Å². The first kappa shape index (κ1) is 19.5. The van der Waals surface area contributed by atoms with Crippen molar-refractivity contribution < 1.29 is 24.6 Å². The minimum Gasteiger partial charge on any atom is -0.481 e. The van der Waals surface area contributed by atoms with Crippen LogP contribution < -0.4 is 16.4 Å². The molecule has 1 fully saturated rings. The van der Waals surface area contributed by atoms with E-state index in [1.165, 1.54) is 4.90 Å². The van der Waals surface area contributed by atoms with Gasteiger partial charge < -0.3 is 31.5 Å². The summed E-state index contributed by atoms with van der Waals surface area (Å²) in [5, 5.41) is 18.7. The summed E-state index contributed by atoms with van der Waals surface area (Å²) in [4.78, 5) is 38.0. The van der Waals surface area contributed by atoms with Crippen LogP contribution in [0, 0.1) is 19.8 Å². The topological polar surface area (TPSA) is 150 Å². The van der Waals surface area contributed by atoms with E-state index in [1.54, 1.807) is 0 Å². The molecule has 0 aliphatic carbocycles. The Labute approximate surface area is 151 Å². The minimum atomic E-state index is -1.65. The first-order valence-electron chi connectivity index (χ1n) is 8.23. The maximum Gasteiger partial charge on any atom is 0.321 e. The average Bonchev–Trinajstić information content (AvgIpc) is 2.56. The Hall–Kier alpha value is -2.81. The van der Waals surface area contributed by atoms with E-state index in [1.807, 2.05) is 36.9 Å². The van der Waals surface area contributed by atoms with Crippen LogP contribution in [0.3, 0.4) is 0 Å². The van der Waals surface area contributed by atoms with Gasteiger partial charge in [0, 0.05) is 25.3 Å². The van der Waals surface area contributed by atoms with Gasteiger partial charge >= 0.3 is 18.0 Å². The van der Waals surface area contributed by atoms with Gasteiger partial charge in [-0.2, -0.15) is 0 Å². The summed E-state index contributed by atoms with van der Waals surface area (Å²) in [5.74, 6) is -4.29. The lowest BCUT2D eigenvalue weighted by Crippen LogP contribution is -2.64. The summed E-state index contributed by atoms with van der Waals surface area (Å²) in [6.07, 6.45) is 0. The first-order valence-corrected chi connectivity index (χ1v) is 8.23. The summed E-state index contributed by atoms with van der Waals surface area (Å²) < 4.78 is 0. The minimum absolute atomic E-state index is 0.130. The molecule has 1 saturated heterocycles. The maximum absolute atomic E-state index is 11.8. The van der Waals surface area contributed by atoms with Crippen LogP contribution in [-0.2, 0) is 9.59 Å². The van der Waals surface area contributed by atoms with Crippen molar-refractivity contribution >= 4 is 23.7 Å². The predicted octanol–water partition coefficient (Wildman–Crippen LogP) is -0.0146. The van der Waals surface area contributed by atoms with E-state index in [0.717, 1.165) is 16.8 Å². The molecule has 1 aromatic rings. The zero-order chi connectivity index (χ0) is 19.6. The number of primary amides is 1. The molecule has 2 unspecified atom stereocenters. The number of aryl methyl sites for hydroxylation is 1. The fraction of sp³-hybridized carbons (Fsp3) is 0.471. The lowest BCUT2D eigenvalue weighted by atomic mass is 9.89. The third kappa shape index (κ3) is 3.72. The molecule has 9 nitrogen and oxygen atoms in total. The van der Waals surface area contributed by atoms with Gasteiger partial charge in [-0.05, 0) is 31.0 Å². The number of carboxylic acids is 2. The SMILES string of the molecule is Cc1cccc(N2CCN(C(N)=O)C(C(C(=O)O)[C@H](N)C(=O)O)C2)c1C. The van der Waals surface area contributed by atoms with E-state index in [2.05, 4.69) is 0 Å². The molecule has 1 aliphatic heterocycles. The summed E-state index contributed by atoms with van der Waals surface area (Å²) in [6.45, 7) is 4.70. The van der Waals surface area contributed by atoms with Gasteiger partial charge in [0.05, 0.1) is 6.04 Å². The van der Waals surface area contributed by atoms with Crippen LogP contribution in [0.15, 0.2) is 18.2 Å². The van der Waals surface area contributed by atoms with Gasteiger partial charge in [-0.25, -0.2) is 4.79 Å². The third-order valence-electron chi connectivity index (χ3n) is 4.99. The number of carboxylic acid groups (broad SMARTS) is 2. The van der Waals surface area contributed by atoms with Crippen LogP contribution >= 0.6 is 0 Å². The molecule has 2 amide bonds. The van der Waals surface area contributed by atoms with E-state index in [9.17, 15) is 24.6 Å². The smallest absolute Gasteiger partial charge is 0.321 e. The normalized spacial score (nSPS) is 19.7. The molecule has 6 N–H and O–H groups in total. The van der Waals surface area contributed by atoms with Crippen molar-refractivity contribution in [3.63, 3.8) is 0 Å². The number of nitrogens with zero attached hydrogens (tertiary/aromatic N) is 2. The largest absolute Gasteiger partial charge is 0.481 e. The van der Waals surface area contributed by atoms with Crippen LogP contribution in [0.2, 0.25) is 0 Å². The molecule has 0 radical (unpaired) electrons. The van der Waals surface area contributed by atoms with Crippen molar-refractivity contribution in [2.45, 2.75) is 25.9 Å². The predicted molar refractivity (Wildman–Crippen MR) is 94.9 cm³/mol. The Balaban J connectivity index is 2.41. The standard InChI is InChI=1S/C17H24N4O5/c1-9-4-3-5-11(10(9)2)20-6-7-21(17(19)26)12(8-20)13(15(22)23)14(18)16(24)25/h3-5,12-14H,6-8,18H2,1-2H3,(H2,19,26)(H,22,23)(H,24,25)/t12?,13?,14-/m0/s1. The molecule has 1 aromatic carbocycles. The summed E-state index contributed by atoms with van der Waals surface area (Å²) in [6, 6.07) is 2.37. The fourth-order valence-corrected chi connectivity index (χ4v) is 3.40. The molecule has 26 heavy (non-hydrogen) atoms. The van der Waals surface area contributed by atoms with E-state index >= 15 is 0 Å². The van der Waals surface area contributed by atoms with Gasteiger partial charge in [0.15, 0.2) is 0 Å². The van der Waals surface area contributed by atoms with Crippen LogP contribution in [0.5, 0.6) is 0 Å². The average molecular weight is 364 g/mol. The highest BCUT2D eigenvalue weighted by Crippen LogP contribution is 2.28. The molecule has 2 rings (SSSR count). The number of piperazine rings is 1. The number of carbonyl (C=O) groups is 3. The Morgan fingerprint density at radius 3 is 2.35 bits per heavy atom. The van der Waals surface area contributed by atoms with Gasteiger partial charge in [-0.1, -0.05) is 12.1 Å². The highest BCUT2D eigenvalue weighted by atomic mass is 16.4. The fourth-order valence-electron chi connectivity index (χ4n) is 3.40. The number of carbonyl (C=O) groups excluding carboxylic acids is 1. The third-order valence-corrected chi connectivity index (χ3v) is 4.99. The molecule has 1 heterocycles. The lowest BCUT2D eigenvalue weighted by Gasteiger charge is -2.44. The van der Waals surface area contributed by atoms with Gasteiger partial charge in [0.25, 0.3) is 0 Å².